The van der Waals surface area contributed by atoms with Gasteiger partial charge in [-0.3, -0.25) is 4.79 Å². The second-order valence-corrected chi connectivity index (χ2v) is 10.4. The van der Waals surface area contributed by atoms with Crippen molar-refractivity contribution >= 4 is 11.8 Å². The van der Waals surface area contributed by atoms with E-state index in [4.69, 9.17) is 9.47 Å². The Balaban J connectivity index is 1.55. The van der Waals surface area contributed by atoms with Crippen molar-refractivity contribution in [3.63, 3.8) is 0 Å². The predicted molar refractivity (Wildman–Crippen MR) is 106 cm³/mol. The molecule has 0 radical (unpaired) electrons. The maximum atomic E-state index is 12.6. The zero-order chi connectivity index (χ0) is 21.5. The van der Waals surface area contributed by atoms with Gasteiger partial charge in [-0.15, -0.1) is 0 Å². The van der Waals surface area contributed by atoms with Crippen LogP contribution in [0, 0.1) is 28.6 Å². The summed E-state index contributed by atoms with van der Waals surface area (Å²) in [6.07, 6.45) is 7.57. The minimum atomic E-state index is -1.52. The number of carbonyl (C=O) groups is 2. The Bertz CT molecular complexity index is 847. The summed E-state index contributed by atoms with van der Waals surface area (Å²) in [5.41, 5.74) is -1.57. The first kappa shape index (κ1) is 20.4. The molecule has 4 aliphatic carbocycles. The van der Waals surface area contributed by atoms with Crippen LogP contribution in [-0.2, 0) is 19.1 Å². The molecule has 0 amide bonds. The molecule has 6 nitrogen and oxygen atoms in total. The van der Waals surface area contributed by atoms with Gasteiger partial charge in [0.2, 0.25) is 0 Å². The lowest BCUT2D eigenvalue weighted by Gasteiger charge is -2.60. The van der Waals surface area contributed by atoms with Crippen LogP contribution in [0.1, 0.15) is 59.3 Å². The standard InChI is InChI=1S/C24H32O6/c1-4-5-19-29-18-11-16-15-7-6-13-10-14(25)8-9-22(13,2)20(15)17(26)12-23(16,3)24(18,30-19)21(27)28/h8-10,15-20,26H,4-7,11-12H2,1-3H3,(H,27,28)/p-1/t15-,16-,17+,18+,19-,20-,22-,23-,24-/m0/s1. The molecule has 5 aliphatic rings. The van der Waals surface area contributed by atoms with E-state index in [1.54, 1.807) is 12.2 Å². The lowest BCUT2D eigenvalue weighted by atomic mass is 9.46. The van der Waals surface area contributed by atoms with Gasteiger partial charge < -0.3 is 24.5 Å². The number of rotatable bonds is 3. The van der Waals surface area contributed by atoms with Gasteiger partial charge in [-0.1, -0.05) is 38.8 Å². The number of hydrogen-bond acceptors (Lipinski definition) is 6. The molecule has 9 atom stereocenters. The molecule has 164 valence electrons. The highest BCUT2D eigenvalue weighted by Gasteiger charge is 2.74. The van der Waals surface area contributed by atoms with Crippen LogP contribution in [0.25, 0.3) is 0 Å². The van der Waals surface area contributed by atoms with Crippen molar-refractivity contribution in [3.05, 3.63) is 23.8 Å². The molecular weight excluding hydrogens is 384 g/mol. The number of ketones is 1. The number of fused-ring (bicyclic) bond motifs is 7. The molecule has 1 aliphatic heterocycles. The number of hydrogen-bond donors (Lipinski definition) is 1. The molecule has 0 aromatic heterocycles. The molecule has 1 saturated heterocycles. The Hall–Kier alpha value is -1.50. The molecule has 0 spiro atoms. The molecule has 0 bridgehead atoms. The lowest BCUT2D eigenvalue weighted by Crippen LogP contribution is -2.66. The maximum absolute atomic E-state index is 12.6. The van der Waals surface area contributed by atoms with Crippen molar-refractivity contribution in [2.45, 2.75) is 83.4 Å². The van der Waals surface area contributed by atoms with Gasteiger partial charge >= 0.3 is 0 Å². The average Bonchev–Trinajstić information content (AvgIpc) is 3.15. The normalized spacial score (nSPS) is 51.6. The van der Waals surface area contributed by atoms with Crippen LogP contribution in [-0.4, -0.2) is 41.0 Å². The minimum Gasteiger partial charge on any atom is -0.547 e. The Labute approximate surface area is 177 Å². The number of ether oxygens (including phenoxy) is 2. The molecule has 0 unspecified atom stereocenters. The first-order chi connectivity index (χ1) is 14.2. The summed E-state index contributed by atoms with van der Waals surface area (Å²) < 4.78 is 12.3. The van der Waals surface area contributed by atoms with E-state index in [2.05, 4.69) is 6.92 Å². The molecular formula is C24H31O6-. The number of aliphatic hydroxyl groups is 1. The second-order valence-electron chi connectivity index (χ2n) is 10.4. The quantitative estimate of drug-likeness (QED) is 0.756. The van der Waals surface area contributed by atoms with Crippen LogP contribution >= 0.6 is 0 Å². The largest absolute Gasteiger partial charge is 0.547 e. The van der Waals surface area contributed by atoms with Gasteiger partial charge in [0.25, 0.3) is 0 Å². The van der Waals surface area contributed by atoms with E-state index in [1.165, 1.54) is 0 Å². The van der Waals surface area contributed by atoms with Crippen LogP contribution in [0.4, 0.5) is 0 Å². The Kier molecular flexibility index (Phi) is 4.42. The third kappa shape index (κ3) is 2.36. The highest BCUT2D eigenvalue weighted by molar-refractivity contribution is 6.01. The van der Waals surface area contributed by atoms with E-state index in [0.29, 0.717) is 19.3 Å². The number of carbonyl (C=O) groups excluding carboxylic acids is 2. The van der Waals surface area contributed by atoms with Crippen molar-refractivity contribution in [2.75, 3.05) is 0 Å². The zero-order valence-corrected chi connectivity index (χ0v) is 17.9. The van der Waals surface area contributed by atoms with Crippen LogP contribution < -0.4 is 5.11 Å². The summed E-state index contributed by atoms with van der Waals surface area (Å²) in [6.45, 7) is 6.08. The second kappa shape index (κ2) is 6.50. The Morgan fingerprint density at radius 2 is 2.13 bits per heavy atom. The molecule has 4 fully saturated rings. The van der Waals surface area contributed by atoms with E-state index in [9.17, 15) is 19.8 Å². The zero-order valence-electron chi connectivity index (χ0n) is 17.9. The smallest absolute Gasteiger partial charge is 0.178 e. The predicted octanol–water partition coefficient (Wildman–Crippen LogP) is 1.91. The van der Waals surface area contributed by atoms with Crippen molar-refractivity contribution in [1.29, 1.82) is 0 Å². The number of carboxylic acids is 1. The molecule has 1 N–H and O–H groups in total. The Morgan fingerprint density at radius 3 is 2.83 bits per heavy atom. The van der Waals surface area contributed by atoms with Crippen LogP contribution in [0.5, 0.6) is 0 Å². The van der Waals surface area contributed by atoms with Crippen molar-refractivity contribution in [2.24, 2.45) is 28.6 Å². The summed E-state index contributed by atoms with van der Waals surface area (Å²) >= 11 is 0. The fraction of sp³-hybridized carbons (Fsp3) is 0.750. The SMILES string of the molecule is CCC[C@H]1O[C@@H]2C[C@H]3[C@@H]4CCC5=CC(=O)C=C[C@]5(C)[C@@H]4[C@H](O)C[C@]3(C)[C@]2(C(=O)[O-])O1. The number of allylic oxidation sites excluding steroid dienone is 4. The van der Waals surface area contributed by atoms with E-state index >= 15 is 0 Å². The number of carboxylic acid groups (broad SMARTS) is 1. The summed E-state index contributed by atoms with van der Waals surface area (Å²) in [5, 5.41) is 24.0. The van der Waals surface area contributed by atoms with Crippen molar-refractivity contribution in [1.82, 2.24) is 0 Å². The molecule has 3 saturated carbocycles. The molecule has 1 heterocycles. The van der Waals surface area contributed by atoms with E-state index < -0.39 is 35.5 Å². The fourth-order valence-corrected chi connectivity index (χ4v) is 7.85. The molecule has 6 heteroatoms. The lowest BCUT2D eigenvalue weighted by molar-refractivity contribution is -0.337. The average molecular weight is 416 g/mol. The third-order valence-electron chi connectivity index (χ3n) is 9.12. The van der Waals surface area contributed by atoms with E-state index in [0.717, 1.165) is 24.8 Å². The van der Waals surface area contributed by atoms with Crippen LogP contribution in [0.15, 0.2) is 23.8 Å². The first-order valence-corrected chi connectivity index (χ1v) is 11.3. The maximum Gasteiger partial charge on any atom is 0.178 e. The van der Waals surface area contributed by atoms with Crippen molar-refractivity contribution in [3.8, 4) is 0 Å². The first-order valence-electron chi connectivity index (χ1n) is 11.3. The summed E-state index contributed by atoms with van der Waals surface area (Å²) in [4.78, 5) is 24.5. The van der Waals surface area contributed by atoms with Gasteiger partial charge in [0.1, 0.15) is 5.60 Å². The van der Waals surface area contributed by atoms with Crippen LogP contribution in [0.2, 0.25) is 0 Å². The van der Waals surface area contributed by atoms with Gasteiger partial charge in [-0.05, 0) is 56.1 Å². The number of aliphatic hydroxyl groups excluding tert-OH is 1. The van der Waals surface area contributed by atoms with Gasteiger partial charge in [0.05, 0.1) is 18.2 Å². The van der Waals surface area contributed by atoms with Gasteiger partial charge in [-0.25, -0.2) is 0 Å². The molecule has 0 aromatic carbocycles. The third-order valence-corrected chi connectivity index (χ3v) is 9.12. The highest BCUT2D eigenvalue weighted by Crippen LogP contribution is 2.69. The summed E-state index contributed by atoms with van der Waals surface area (Å²) in [6, 6.07) is 0. The van der Waals surface area contributed by atoms with Gasteiger partial charge in [0.15, 0.2) is 12.1 Å². The molecule has 5 rings (SSSR count). The fourth-order valence-electron chi connectivity index (χ4n) is 7.85. The van der Waals surface area contributed by atoms with Gasteiger partial charge in [-0.2, -0.15) is 0 Å². The van der Waals surface area contributed by atoms with Crippen molar-refractivity contribution < 1.29 is 29.3 Å². The molecule has 30 heavy (non-hydrogen) atoms. The summed E-state index contributed by atoms with van der Waals surface area (Å²) in [7, 11) is 0. The molecule has 0 aromatic rings. The number of aliphatic carboxylic acids is 1. The minimum absolute atomic E-state index is 0.00568. The highest BCUT2D eigenvalue weighted by atomic mass is 16.7. The Morgan fingerprint density at radius 1 is 1.37 bits per heavy atom. The monoisotopic (exact) mass is 415 g/mol. The summed E-state index contributed by atoms with van der Waals surface area (Å²) in [5.74, 6) is -1.07. The van der Waals surface area contributed by atoms with Crippen LogP contribution in [0.3, 0.4) is 0 Å². The van der Waals surface area contributed by atoms with Gasteiger partial charge in [0, 0.05) is 16.7 Å². The van der Waals surface area contributed by atoms with E-state index in [-0.39, 0.29) is 29.0 Å². The van der Waals surface area contributed by atoms with E-state index in [1.807, 2.05) is 19.9 Å². The topological polar surface area (TPSA) is 95.9 Å².